The van der Waals surface area contributed by atoms with Crippen LogP contribution in [0, 0.1) is 0 Å². The van der Waals surface area contributed by atoms with E-state index in [4.69, 9.17) is 9.47 Å². The van der Waals surface area contributed by atoms with Crippen LogP contribution in [0.5, 0.6) is 11.5 Å². The Hall–Kier alpha value is -2.00. The lowest BCUT2D eigenvalue weighted by Gasteiger charge is -2.22. The summed E-state index contributed by atoms with van der Waals surface area (Å²) < 4.78 is 10.7. The Morgan fingerprint density at radius 3 is 2.19 bits per heavy atom. The van der Waals surface area contributed by atoms with Crippen molar-refractivity contribution in [2.45, 2.75) is 25.9 Å². The fourth-order valence-corrected chi connectivity index (χ4v) is 2.48. The van der Waals surface area contributed by atoms with Gasteiger partial charge in [-0.2, -0.15) is 0 Å². The van der Waals surface area contributed by atoms with E-state index in [1.807, 2.05) is 24.3 Å². The number of rotatable bonds is 6. The maximum atomic E-state index is 5.48. The van der Waals surface area contributed by atoms with Gasteiger partial charge < -0.3 is 14.8 Å². The lowest BCUT2D eigenvalue weighted by atomic mass is 10.0. The Labute approximate surface area is 126 Å². The molecule has 0 aliphatic heterocycles. The van der Waals surface area contributed by atoms with Crippen molar-refractivity contribution in [1.82, 2.24) is 5.32 Å². The SMILES string of the molecule is COc1ccc(C(C)N[C@H](C)c2ccccc2)c(OC)c1. The second-order valence-corrected chi connectivity index (χ2v) is 5.13. The molecule has 1 unspecified atom stereocenters. The molecule has 2 aromatic rings. The van der Waals surface area contributed by atoms with Crippen molar-refractivity contribution in [3.8, 4) is 11.5 Å². The van der Waals surface area contributed by atoms with Crippen LogP contribution in [-0.2, 0) is 0 Å². The summed E-state index contributed by atoms with van der Waals surface area (Å²) in [6, 6.07) is 16.8. The Morgan fingerprint density at radius 2 is 1.57 bits per heavy atom. The van der Waals surface area contributed by atoms with Gasteiger partial charge >= 0.3 is 0 Å². The highest BCUT2D eigenvalue weighted by atomic mass is 16.5. The average Bonchev–Trinajstić information content (AvgIpc) is 2.54. The summed E-state index contributed by atoms with van der Waals surface area (Å²) in [5, 5.41) is 3.60. The maximum absolute atomic E-state index is 5.48. The zero-order valence-corrected chi connectivity index (χ0v) is 13.1. The standard InChI is InChI=1S/C18H23NO2/c1-13(15-8-6-5-7-9-15)19-14(2)17-11-10-16(20-3)12-18(17)21-4/h5-14,19H,1-4H3/t13-,14?/m1/s1. The number of ether oxygens (including phenoxy) is 2. The molecule has 3 nitrogen and oxygen atoms in total. The first-order valence-corrected chi connectivity index (χ1v) is 7.18. The molecule has 2 atom stereocenters. The number of methoxy groups -OCH3 is 2. The van der Waals surface area contributed by atoms with Crippen LogP contribution in [0.4, 0.5) is 0 Å². The molecule has 0 spiro atoms. The summed E-state index contributed by atoms with van der Waals surface area (Å²) in [4.78, 5) is 0. The third-order valence-corrected chi connectivity index (χ3v) is 3.71. The van der Waals surface area contributed by atoms with Gasteiger partial charge in [-0.15, -0.1) is 0 Å². The van der Waals surface area contributed by atoms with E-state index in [9.17, 15) is 0 Å². The van der Waals surface area contributed by atoms with Crippen molar-refractivity contribution in [2.75, 3.05) is 14.2 Å². The van der Waals surface area contributed by atoms with Crippen molar-refractivity contribution < 1.29 is 9.47 Å². The van der Waals surface area contributed by atoms with E-state index in [0.717, 1.165) is 17.1 Å². The Balaban J connectivity index is 2.14. The fraction of sp³-hybridized carbons (Fsp3) is 0.333. The summed E-state index contributed by atoms with van der Waals surface area (Å²) in [7, 11) is 3.35. The highest BCUT2D eigenvalue weighted by Gasteiger charge is 2.15. The highest BCUT2D eigenvalue weighted by Crippen LogP contribution is 2.30. The van der Waals surface area contributed by atoms with Crippen LogP contribution in [0.25, 0.3) is 0 Å². The Bertz CT molecular complexity index is 569. The largest absolute Gasteiger partial charge is 0.497 e. The molecule has 0 aromatic heterocycles. The summed E-state index contributed by atoms with van der Waals surface area (Å²) >= 11 is 0. The second-order valence-electron chi connectivity index (χ2n) is 5.13. The van der Waals surface area contributed by atoms with Crippen LogP contribution in [0.2, 0.25) is 0 Å². The zero-order valence-electron chi connectivity index (χ0n) is 13.1. The molecule has 0 radical (unpaired) electrons. The topological polar surface area (TPSA) is 30.5 Å². The molecule has 0 aliphatic carbocycles. The van der Waals surface area contributed by atoms with Crippen molar-refractivity contribution in [1.29, 1.82) is 0 Å². The lowest BCUT2D eigenvalue weighted by molar-refractivity contribution is 0.383. The van der Waals surface area contributed by atoms with Gasteiger partial charge in [0, 0.05) is 23.7 Å². The lowest BCUT2D eigenvalue weighted by Crippen LogP contribution is -2.22. The number of benzene rings is 2. The highest BCUT2D eigenvalue weighted by molar-refractivity contribution is 5.42. The molecule has 0 amide bonds. The Morgan fingerprint density at radius 1 is 0.857 bits per heavy atom. The third-order valence-electron chi connectivity index (χ3n) is 3.71. The van der Waals surface area contributed by atoms with Crippen LogP contribution in [0.3, 0.4) is 0 Å². The van der Waals surface area contributed by atoms with E-state index in [2.05, 4.69) is 43.4 Å². The summed E-state index contributed by atoms with van der Waals surface area (Å²) in [6.45, 7) is 4.31. The zero-order chi connectivity index (χ0) is 15.2. The second kappa shape index (κ2) is 7.14. The first kappa shape index (κ1) is 15.4. The van der Waals surface area contributed by atoms with Crippen molar-refractivity contribution in [3.63, 3.8) is 0 Å². The molecule has 0 aliphatic rings. The van der Waals surface area contributed by atoms with Gasteiger partial charge in [0.1, 0.15) is 11.5 Å². The van der Waals surface area contributed by atoms with Gasteiger partial charge in [-0.05, 0) is 25.5 Å². The summed E-state index contributed by atoms with van der Waals surface area (Å²) in [6.07, 6.45) is 0. The number of hydrogen-bond acceptors (Lipinski definition) is 3. The molecular formula is C18H23NO2. The third kappa shape index (κ3) is 3.76. The minimum atomic E-state index is 0.182. The van der Waals surface area contributed by atoms with Gasteiger partial charge in [0.2, 0.25) is 0 Å². The first-order chi connectivity index (χ1) is 10.2. The molecule has 2 rings (SSSR count). The van der Waals surface area contributed by atoms with Crippen molar-refractivity contribution in [3.05, 3.63) is 59.7 Å². The first-order valence-electron chi connectivity index (χ1n) is 7.18. The van der Waals surface area contributed by atoms with Crippen molar-refractivity contribution >= 4 is 0 Å². The van der Waals surface area contributed by atoms with Crippen LogP contribution in [0.15, 0.2) is 48.5 Å². The molecule has 0 fully saturated rings. The quantitative estimate of drug-likeness (QED) is 0.866. The summed E-state index contributed by atoms with van der Waals surface area (Å²) in [5.41, 5.74) is 2.40. The van der Waals surface area contributed by atoms with Gasteiger partial charge in [-0.3, -0.25) is 0 Å². The smallest absolute Gasteiger partial charge is 0.127 e. The van der Waals surface area contributed by atoms with Crippen LogP contribution in [-0.4, -0.2) is 14.2 Å². The van der Waals surface area contributed by atoms with E-state index < -0.39 is 0 Å². The molecule has 112 valence electrons. The minimum Gasteiger partial charge on any atom is -0.497 e. The average molecular weight is 285 g/mol. The molecule has 0 saturated carbocycles. The van der Waals surface area contributed by atoms with Gasteiger partial charge in [0.25, 0.3) is 0 Å². The molecule has 0 heterocycles. The predicted octanol–water partition coefficient (Wildman–Crippen LogP) is 4.12. The predicted molar refractivity (Wildman–Crippen MR) is 86.0 cm³/mol. The van der Waals surface area contributed by atoms with E-state index in [1.165, 1.54) is 5.56 Å². The van der Waals surface area contributed by atoms with Crippen LogP contribution in [0.1, 0.15) is 37.1 Å². The monoisotopic (exact) mass is 285 g/mol. The van der Waals surface area contributed by atoms with Crippen molar-refractivity contribution in [2.24, 2.45) is 0 Å². The van der Waals surface area contributed by atoms with E-state index in [0.29, 0.717) is 0 Å². The molecule has 2 aromatic carbocycles. The fourth-order valence-electron chi connectivity index (χ4n) is 2.48. The van der Waals surface area contributed by atoms with E-state index >= 15 is 0 Å². The van der Waals surface area contributed by atoms with Gasteiger partial charge in [0.15, 0.2) is 0 Å². The number of hydrogen-bond donors (Lipinski definition) is 1. The van der Waals surface area contributed by atoms with Gasteiger partial charge in [-0.25, -0.2) is 0 Å². The van der Waals surface area contributed by atoms with E-state index in [-0.39, 0.29) is 12.1 Å². The van der Waals surface area contributed by atoms with Crippen LogP contribution >= 0.6 is 0 Å². The molecule has 0 saturated heterocycles. The normalized spacial score (nSPS) is 13.5. The van der Waals surface area contributed by atoms with Gasteiger partial charge in [-0.1, -0.05) is 36.4 Å². The maximum Gasteiger partial charge on any atom is 0.127 e. The molecule has 21 heavy (non-hydrogen) atoms. The van der Waals surface area contributed by atoms with E-state index in [1.54, 1.807) is 14.2 Å². The molecule has 3 heteroatoms. The molecule has 0 bridgehead atoms. The minimum absolute atomic E-state index is 0.182. The molecular weight excluding hydrogens is 262 g/mol. The van der Waals surface area contributed by atoms with Gasteiger partial charge in [0.05, 0.1) is 14.2 Å². The molecule has 1 N–H and O–H groups in total. The Kier molecular flexibility index (Phi) is 5.23. The van der Waals surface area contributed by atoms with Crippen LogP contribution < -0.4 is 14.8 Å². The summed E-state index contributed by atoms with van der Waals surface area (Å²) in [5.74, 6) is 1.65. The number of nitrogens with one attached hydrogen (secondary N) is 1.